The molecular formula is C27H27NO6. The van der Waals surface area contributed by atoms with Crippen molar-refractivity contribution < 1.29 is 28.6 Å². The smallest absolute Gasteiger partial charge is 0.310 e. The third-order valence-corrected chi connectivity index (χ3v) is 5.90. The monoisotopic (exact) mass is 461 g/mol. The topological polar surface area (TPSA) is 82.1 Å². The average Bonchev–Trinajstić information content (AvgIpc) is 3.09. The van der Waals surface area contributed by atoms with Crippen molar-refractivity contribution in [1.29, 1.82) is 0 Å². The maximum atomic E-state index is 13.7. The SMILES string of the molecule is CCOC(=O)Cc1ccc(N2C(=O)c3c(OC)cc4cccc(OC(C)CC)c4c3C2=O)cc1. The molecule has 3 aromatic rings. The molecule has 176 valence electrons. The lowest BCUT2D eigenvalue weighted by atomic mass is 9.98. The molecule has 7 heteroatoms. The predicted molar refractivity (Wildman–Crippen MR) is 129 cm³/mol. The molecule has 0 bridgehead atoms. The van der Waals surface area contributed by atoms with Gasteiger partial charge < -0.3 is 14.2 Å². The van der Waals surface area contributed by atoms with Crippen LogP contribution in [-0.2, 0) is 16.0 Å². The molecular weight excluding hydrogens is 434 g/mol. The van der Waals surface area contributed by atoms with Gasteiger partial charge in [0.15, 0.2) is 0 Å². The minimum absolute atomic E-state index is 0.0568. The van der Waals surface area contributed by atoms with Crippen molar-refractivity contribution in [3.05, 3.63) is 65.2 Å². The van der Waals surface area contributed by atoms with Crippen molar-refractivity contribution in [3.63, 3.8) is 0 Å². The average molecular weight is 462 g/mol. The van der Waals surface area contributed by atoms with Crippen molar-refractivity contribution in [2.24, 2.45) is 0 Å². The molecule has 4 rings (SSSR count). The lowest BCUT2D eigenvalue weighted by Crippen LogP contribution is -2.29. The van der Waals surface area contributed by atoms with Crippen LogP contribution in [0.5, 0.6) is 11.5 Å². The summed E-state index contributed by atoms with van der Waals surface area (Å²) in [5.74, 6) is -0.347. The van der Waals surface area contributed by atoms with Crippen LogP contribution in [0.4, 0.5) is 5.69 Å². The van der Waals surface area contributed by atoms with E-state index in [1.165, 1.54) is 7.11 Å². The zero-order valence-corrected chi connectivity index (χ0v) is 19.7. The summed E-state index contributed by atoms with van der Waals surface area (Å²) in [5, 5.41) is 1.35. The molecule has 1 aliphatic heterocycles. The van der Waals surface area contributed by atoms with Crippen LogP contribution in [0.3, 0.4) is 0 Å². The number of hydrogen-bond acceptors (Lipinski definition) is 6. The van der Waals surface area contributed by atoms with E-state index in [9.17, 15) is 14.4 Å². The van der Waals surface area contributed by atoms with Crippen LogP contribution in [0.25, 0.3) is 10.8 Å². The van der Waals surface area contributed by atoms with Crippen molar-refractivity contribution in [1.82, 2.24) is 0 Å². The summed E-state index contributed by atoms with van der Waals surface area (Å²) < 4.78 is 16.6. The lowest BCUT2D eigenvalue weighted by Gasteiger charge is -2.17. The fraction of sp³-hybridized carbons (Fsp3) is 0.296. The highest BCUT2D eigenvalue weighted by molar-refractivity contribution is 6.39. The summed E-state index contributed by atoms with van der Waals surface area (Å²) in [7, 11) is 1.48. The number of benzene rings is 3. The third kappa shape index (κ3) is 4.09. The van der Waals surface area contributed by atoms with Gasteiger partial charge in [-0.15, -0.1) is 0 Å². The first-order valence-corrected chi connectivity index (χ1v) is 11.3. The molecule has 1 heterocycles. The van der Waals surface area contributed by atoms with E-state index in [4.69, 9.17) is 14.2 Å². The zero-order chi connectivity index (χ0) is 24.4. The van der Waals surface area contributed by atoms with Gasteiger partial charge in [0.2, 0.25) is 0 Å². The number of nitrogens with zero attached hydrogens (tertiary/aromatic N) is 1. The van der Waals surface area contributed by atoms with Gasteiger partial charge in [0.05, 0.1) is 43.1 Å². The van der Waals surface area contributed by atoms with Gasteiger partial charge in [0, 0.05) is 5.39 Å². The molecule has 0 spiro atoms. The highest BCUT2D eigenvalue weighted by Gasteiger charge is 2.41. The number of esters is 1. The number of rotatable bonds is 8. The molecule has 0 aromatic heterocycles. The zero-order valence-electron chi connectivity index (χ0n) is 19.7. The Kier molecular flexibility index (Phi) is 6.54. The van der Waals surface area contributed by atoms with Gasteiger partial charge in [-0.1, -0.05) is 31.2 Å². The fourth-order valence-electron chi connectivity index (χ4n) is 4.07. The van der Waals surface area contributed by atoms with Gasteiger partial charge in [-0.2, -0.15) is 0 Å². The van der Waals surface area contributed by atoms with Gasteiger partial charge in [-0.3, -0.25) is 14.4 Å². The molecule has 1 atom stereocenters. The Morgan fingerprint density at radius 3 is 2.32 bits per heavy atom. The summed E-state index contributed by atoms with van der Waals surface area (Å²) in [4.78, 5) is 40.0. The van der Waals surface area contributed by atoms with Crippen LogP contribution < -0.4 is 14.4 Å². The molecule has 3 aromatic carbocycles. The summed E-state index contributed by atoms with van der Waals surface area (Å²) in [6, 6.07) is 14.0. The van der Waals surface area contributed by atoms with Crippen molar-refractivity contribution in [3.8, 4) is 11.5 Å². The second-order valence-corrected chi connectivity index (χ2v) is 8.11. The first-order chi connectivity index (χ1) is 16.4. The van der Waals surface area contributed by atoms with Gasteiger partial charge in [-0.25, -0.2) is 4.90 Å². The largest absolute Gasteiger partial charge is 0.496 e. The minimum atomic E-state index is -0.463. The number of carbonyl (C=O) groups is 3. The highest BCUT2D eigenvalue weighted by Crippen LogP contribution is 2.42. The Morgan fingerprint density at radius 1 is 0.971 bits per heavy atom. The molecule has 0 fully saturated rings. The molecule has 0 radical (unpaired) electrons. The van der Waals surface area contributed by atoms with Crippen molar-refractivity contribution in [2.75, 3.05) is 18.6 Å². The Labute approximate surface area is 198 Å². The van der Waals surface area contributed by atoms with Crippen LogP contribution in [0.2, 0.25) is 0 Å². The summed E-state index contributed by atoms with van der Waals surface area (Å²) in [6.07, 6.45) is 0.857. The minimum Gasteiger partial charge on any atom is -0.496 e. The van der Waals surface area contributed by atoms with Crippen LogP contribution in [-0.4, -0.2) is 37.6 Å². The third-order valence-electron chi connectivity index (χ3n) is 5.90. The molecule has 34 heavy (non-hydrogen) atoms. The van der Waals surface area contributed by atoms with E-state index in [1.54, 1.807) is 37.3 Å². The molecule has 1 unspecified atom stereocenters. The Balaban J connectivity index is 1.79. The van der Waals surface area contributed by atoms with E-state index in [2.05, 4.69) is 0 Å². The lowest BCUT2D eigenvalue weighted by molar-refractivity contribution is -0.142. The fourth-order valence-corrected chi connectivity index (χ4v) is 4.07. The van der Waals surface area contributed by atoms with Gasteiger partial charge in [0.25, 0.3) is 11.8 Å². The summed E-state index contributed by atoms with van der Waals surface area (Å²) in [5.41, 5.74) is 1.63. The van der Waals surface area contributed by atoms with Crippen LogP contribution in [0, 0.1) is 0 Å². The molecule has 0 saturated heterocycles. The Morgan fingerprint density at radius 2 is 1.68 bits per heavy atom. The van der Waals surface area contributed by atoms with Crippen molar-refractivity contribution >= 4 is 34.2 Å². The van der Waals surface area contributed by atoms with Crippen LogP contribution >= 0.6 is 0 Å². The summed E-state index contributed by atoms with van der Waals surface area (Å²) in [6.45, 7) is 6.04. The molecule has 0 N–H and O–H groups in total. The molecule has 1 aliphatic rings. The second kappa shape index (κ2) is 9.55. The first-order valence-electron chi connectivity index (χ1n) is 11.3. The van der Waals surface area contributed by atoms with E-state index >= 15 is 0 Å². The van der Waals surface area contributed by atoms with E-state index in [0.29, 0.717) is 29.2 Å². The van der Waals surface area contributed by atoms with E-state index in [0.717, 1.165) is 22.3 Å². The van der Waals surface area contributed by atoms with Crippen LogP contribution in [0.1, 0.15) is 53.5 Å². The number of methoxy groups -OCH3 is 1. The number of fused-ring (bicyclic) bond motifs is 3. The van der Waals surface area contributed by atoms with Crippen LogP contribution in [0.15, 0.2) is 48.5 Å². The number of ether oxygens (including phenoxy) is 3. The molecule has 7 nitrogen and oxygen atoms in total. The second-order valence-electron chi connectivity index (χ2n) is 8.11. The Bertz CT molecular complexity index is 1260. The number of imide groups is 1. The highest BCUT2D eigenvalue weighted by atomic mass is 16.5. The first kappa shape index (κ1) is 23.3. The summed E-state index contributed by atoms with van der Waals surface area (Å²) >= 11 is 0. The quantitative estimate of drug-likeness (QED) is 0.349. The van der Waals surface area contributed by atoms with E-state index in [-0.39, 0.29) is 29.6 Å². The van der Waals surface area contributed by atoms with Gasteiger partial charge >= 0.3 is 5.97 Å². The van der Waals surface area contributed by atoms with E-state index < -0.39 is 11.8 Å². The normalized spacial score (nSPS) is 13.7. The molecule has 2 amide bonds. The maximum absolute atomic E-state index is 13.7. The maximum Gasteiger partial charge on any atom is 0.310 e. The van der Waals surface area contributed by atoms with E-state index in [1.807, 2.05) is 32.0 Å². The number of amides is 2. The number of carbonyl (C=O) groups excluding carboxylic acids is 3. The number of anilines is 1. The van der Waals surface area contributed by atoms with Crippen molar-refractivity contribution in [2.45, 2.75) is 39.7 Å². The Hall–Kier alpha value is -3.87. The predicted octanol–water partition coefficient (Wildman–Crippen LogP) is 4.93. The van der Waals surface area contributed by atoms with Gasteiger partial charge in [-0.05, 0) is 55.5 Å². The molecule has 0 saturated carbocycles. The standard InChI is InChI=1S/C27H27NO6/c1-5-16(3)34-20-9-7-8-18-15-21(32-4)24-25(23(18)20)27(31)28(26(24)30)19-12-10-17(11-13-19)14-22(29)33-6-2/h7-13,15-16H,5-6,14H2,1-4H3. The molecule has 0 aliphatic carbocycles. The van der Waals surface area contributed by atoms with Gasteiger partial charge in [0.1, 0.15) is 11.5 Å². The number of hydrogen-bond donors (Lipinski definition) is 0.